The van der Waals surface area contributed by atoms with Crippen molar-refractivity contribution in [3.63, 3.8) is 0 Å². The molecule has 0 saturated carbocycles. The van der Waals surface area contributed by atoms with Crippen LogP contribution in [-0.2, 0) is 6.54 Å². The number of carbonyl (C=O) groups is 1. The quantitative estimate of drug-likeness (QED) is 0.686. The highest BCUT2D eigenvalue weighted by Gasteiger charge is 2.05. The van der Waals surface area contributed by atoms with Crippen LogP contribution in [0.2, 0.25) is 0 Å². The van der Waals surface area contributed by atoms with E-state index in [0.29, 0.717) is 17.7 Å². The zero-order chi connectivity index (χ0) is 14.1. The van der Waals surface area contributed by atoms with Gasteiger partial charge in [-0.05, 0) is 35.9 Å². The van der Waals surface area contributed by atoms with E-state index >= 15 is 0 Å². The molecule has 3 aromatic rings. The van der Waals surface area contributed by atoms with E-state index < -0.39 is 11.6 Å². The van der Waals surface area contributed by atoms with Crippen LogP contribution in [0.25, 0.3) is 10.9 Å². The molecule has 3 rings (SSSR count). The van der Waals surface area contributed by atoms with E-state index in [1.54, 1.807) is 29.1 Å². The largest absolute Gasteiger partial charge is 0.298 e. The molecule has 0 saturated heterocycles. The molecule has 2 aromatic carbocycles. The van der Waals surface area contributed by atoms with Crippen LogP contribution >= 0.6 is 0 Å². The second kappa shape index (κ2) is 4.85. The second-order valence-corrected chi connectivity index (χ2v) is 4.51. The predicted molar refractivity (Wildman–Crippen MR) is 70.6 cm³/mol. The monoisotopic (exact) mass is 272 g/mol. The van der Waals surface area contributed by atoms with Gasteiger partial charge in [0.1, 0.15) is 6.29 Å². The maximum absolute atomic E-state index is 13.1. The lowest BCUT2D eigenvalue weighted by molar-refractivity contribution is 0.112. The molecule has 0 fully saturated rings. The Labute approximate surface area is 113 Å². The summed E-state index contributed by atoms with van der Waals surface area (Å²) in [6.07, 6.45) is 2.54. The van der Waals surface area contributed by atoms with Crippen LogP contribution in [0, 0.1) is 11.6 Å². The lowest BCUT2D eigenvalue weighted by Crippen LogP contribution is -2.00. The minimum atomic E-state index is -0.873. The molecule has 0 bridgehead atoms. The third-order valence-electron chi connectivity index (χ3n) is 3.04. The van der Waals surface area contributed by atoms with E-state index in [9.17, 15) is 13.6 Å². The third-order valence-corrected chi connectivity index (χ3v) is 3.04. The van der Waals surface area contributed by atoms with Gasteiger partial charge in [0.05, 0.1) is 12.1 Å². The number of hydrogen-bond acceptors (Lipinski definition) is 2. The van der Waals surface area contributed by atoms with Crippen LogP contribution in [-0.4, -0.2) is 16.1 Å². The number of hydrogen-bond donors (Lipinski definition) is 0. The number of rotatable bonds is 3. The van der Waals surface area contributed by atoms with Crippen molar-refractivity contribution in [2.45, 2.75) is 6.54 Å². The van der Waals surface area contributed by atoms with Gasteiger partial charge in [0.25, 0.3) is 0 Å². The number of aromatic nitrogens is 2. The summed E-state index contributed by atoms with van der Waals surface area (Å²) in [7, 11) is 0. The molecule has 0 aliphatic rings. The SMILES string of the molecule is O=Cc1ccc2nn(Cc3ccc(F)c(F)c3)cc2c1. The summed E-state index contributed by atoms with van der Waals surface area (Å²) in [6, 6.07) is 8.93. The minimum absolute atomic E-state index is 0.336. The predicted octanol–water partition coefficient (Wildman–Crippen LogP) is 3.18. The van der Waals surface area contributed by atoms with Crippen LogP contribution in [0.15, 0.2) is 42.6 Å². The van der Waals surface area contributed by atoms with Gasteiger partial charge in [0.2, 0.25) is 0 Å². The molecule has 0 spiro atoms. The van der Waals surface area contributed by atoms with Gasteiger partial charge >= 0.3 is 0 Å². The van der Waals surface area contributed by atoms with Crippen LogP contribution in [0.3, 0.4) is 0 Å². The molecule has 1 heterocycles. The number of carbonyl (C=O) groups excluding carboxylic acids is 1. The van der Waals surface area contributed by atoms with E-state index in [2.05, 4.69) is 5.10 Å². The fraction of sp³-hybridized carbons (Fsp3) is 0.0667. The van der Waals surface area contributed by atoms with E-state index in [-0.39, 0.29) is 0 Å². The normalized spacial score (nSPS) is 10.9. The maximum Gasteiger partial charge on any atom is 0.159 e. The van der Waals surface area contributed by atoms with E-state index in [1.807, 2.05) is 0 Å². The Kier molecular flexibility index (Phi) is 3.02. The van der Waals surface area contributed by atoms with Gasteiger partial charge in [-0.3, -0.25) is 9.48 Å². The van der Waals surface area contributed by atoms with Gasteiger partial charge in [-0.2, -0.15) is 5.10 Å². The molecule has 0 amide bonds. The van der Waals surface area contributed by atoms with Crippen molar-refractivity contribution in [2.24, 2.45) is 0 Å². The van der Waals surface area contributed by atoms with Crippen molar-refractivity contribution in [1.29, 1.82) is 0 Å². The molecular formula is C15H10F2N2O. The van der Waals surface area contributed by atoms with Crippen LogP contribution in [0.5, 0.6) is 0 Å². The molecular weight excluding hydrogens is 262 g/mol. The zero-order valence-corrected chi connectivity index (χ0v) is 10.4. The average Bonchev–Trinajstić information content (AvgIpc) is 2.84. The number of aldehydes is 1. The molecule has 0 radical (unpaired) electrons. The Balaban J connectivity index is 1.94. The highest BCUT2D eigenvalue weighted by atomic mass is 19.2. The molecule has 5 heteroatoms. The van der Waals surface area contributed by atoms with Gasteiger partial charge in [-0.15, -0.1) is 0 Å². The van der Waals surface area contributed by atoms with E-state index in [1.165, 1.54) is 6.07 Å². The summed E-state index contributed by atoms with van der Waals surface area (Å²) < 4.78 is 27.6. The fourth-order valence-electron chi connectivity index (χ4n) is 2.07. The molecule has 20 heavy (non-hydrogen) atoms. The number of nitrogens with zero attached hydrogens (tertiary/aromatic N) is 2. The Bertz CT molecular complexity index is 796. The Morgan fingerprint density at radius 2 is 1.95 bits per heavy atom. The lowest BCUT2D eigenvalue weighted by Gasteiger charge is -2.02. The van der Waals surface area contributed by atoms with Gasteiger partial charge in [-0.25, -0.2) is 8.78 Å². The first-order chi connectivity index (χ1) is 9.65. The summed E-state index contributed by atoms with van der Waals surface area (Å²) in [5.41, 5.74) is 1.94. The highest BCUT2D eigenvalue weighted by Crippen LogP contribution is 2.15. The van der Waals surface area contributed by atoms with Crippen molar-refractivity contribution in [3.8, 4) is 0 Å². The average molecular weight is 272 g/mol. The number of fused-ring (bicyclic) bond motifs is 1. The van der Waals surface area contributed by atoms with Crippen LogP contribution < -0.4 is 0 Å². The first kappa shape index (κ1) is 12.5. The van der Waals surface area contributed by atoms with Gasteiger partial charge in [0.15, 0.2) is 11.6 Å². The molecule has 0 aliphatic heterocycles. The van der Waals surface area contributed by atoms with Gasteiger partial charge in [-0.1, -0.05) is 6.07 Å². The van der Waals surface area contributed by atoms with Crippen molar-refractivity contribution >= 4 is 17.2 Å². The van der Waals surface area contributed by atoms with Crippen molar-refractivity contribution in [1.82, 2.24) is 9.78 Å². The van der Waals surface area contributed by atoms with Crippen molar-refractivity contribution in [2.75, 3.05) is 0 Å². The van der Waals surface area contributed by atoms with Crippen molar-refractivity contribution in [3.05, 3.63) is 65.4 Å². The van der Waals surface area contributed by atoms with Crippen molar-refractivity contribution < 1.29 is 13.6 Å². The van der Waals surface area contributed by atoms with E-state index in [0.717, 1.165) is 29.3 Å². The molecule has 1 aromatic heterocycles. The Hall–Kier alpha value is -2.56. The van der Waals surface area contributed by atoms with Gasteiger partial charge in [0, 0.05) is 17.1 Å². The third kappa shape index (κ3) is 2.30. The topological polar surface area (TPSA) is 34.9 Å². The summed E-state index contributed by atoms with van der Waals surface area (Å²) in [4.78, 5) is 10.7. The molecule has 0 unspecified atom stereocenters. The Morgan fingerprint density at radius 3 is 2.70 bits per heavy atom. The molecule has 0 aliphatic carbocycles. The highest BCUT2D eigenvalue weighted by molar-refractivity contribution is 5.86. The maximum atomic E-state index is 13.1. The molecule has 0 N–H and O–H groups in total. The number of benzene rings is 2. The summed E-state index contributed by atoms with van der Waals surface area (Å²) in [5.74, 6) is -1.74. The zero-order valence-electron chi connectivity index (χ0n) is 10.4. The standard InChI is InChI=1S/C15H10F2N2O/c16-13-3-1-10(6-14(13)17)7-19-8-12-5-11(9-20)2-4-15(12)18-19/h1-6,8-9H,7H2. The summed E-state index contributed by atoms with van der Waals surface area (Å²) >= 11 is 0. The lowest BCUT2D eigenvalue weighted by atomic mass is 10.2. The van der Waals surface area contributed by atoms with Gasteiger partial charge < -0.3 is 0 Å². The Morgan fingerprint density at radius 1 is 1.10 bits per heavy atom. The first-order valence-corrected chi connectivity index (χ1v) is 6.02. The molecule has 3 nitrogen and oxygen atoms in total. The smallest absolute Gasteiger partial charge is 0.159 e. The first-order valence-electron chi connectivity index (χ1n) is 6.02. The van der Waals surface area contributed by atoms with Crippen LogP contribution in [0.4, 0.5) is 8.78 Å². The van der Waals surface area contributed by atoms with E-state index in [4.69, 9.17) is 0 Å². The second-order valence-electron chi connectivity index (χ2n) is 4.51. The molecule has 0 atom stereocenters. The van der Waals surface area contributed by atoms with Crippen LogP contribution in [0.1, 0.15) is 15.9 Å². The molecule has 100 valence electrons. The number of halogens is 2. The minimum Gasteiger partial charge on any atom is -0.298 e. The summed E-state index contributed by atoms with van der Waals surface area (Å²) in [5, 5.41) is 5.15. The summed E-state index contributed by atoms with van der Waals surface area (Å²) in [6.45, 7) is 0.336. The fourth-order valence-corrected chi connectivity index (χ4v) is 2.07.